The van der Waals surface area contributed by atoms with Gasteiger partial charge >= 0.3 is 5.63 Å². The van der Waals surface area contributed by atoms with Crippen molar-refractivity contribution in [3.63, 3.8) is 0 Å². The first kappa shape index (κ1) is 15.3. The molecule has 0 unspecified atom stereocenters. The van der Waals surface area contributed by atoms with Crippen molar-refractivity contribution in [1.29, 1.82) is 0 Å². The van der Waals surface area contributed by atoms with Crippen molar-refractivity contribution in [2.24, 2.45) is 5.73 Å². The molecule has 25 heavy (non-hydrogen) atoms. The van der Waals surface area contributed by atoms with E-state index in [-0.39, 0.29) is 6.61 Å². The molecule has 0 fully saturated rings. The van der Waals surface area contributed by atoms with Gasteiger partial charge in [0, 0.05) is 11.5 Å². The summed E-state index contributed by atoms with van der Waals surface area (Å²) in [6.45, 7) is -0.237. The van der Waals surface area contributed by atoms with Gasteiger partial charge in [0.05, 0.1) is 15.8 Å². The van der Waals surface area contributed by atoms with E-state index >= 15 is 0 Å². The topological polar surface area (TPSA) is 95.4 Å². The van der Waals surface area contributed by atoms with Gasteiger partial charge in [0.25, 0.3) is 5.91 Å². The molecule has 124 valence electrons. The highest BCUT2D eigenvalue weighted by molar-refractivity contribution is 7.21. The zero-order valence-electron chi connectivity index (χ0n) is 12.9. The van der Waals surface area contributed by atoms with Crippen LogP contribution in [0.4, 0.5) is 0 Å². The molecule has 0 spiro atoms. The van der Waals surface area contributed by atoms with Crippen LogP contribution in [0.3, 0.4) is 0 Å². The highest BCUT2D eigenvalue weighted by Gasteiger charge is 2.13. The Hall–Kier alpha value is -3.19. The maximum Gasteiger partial charge on any atom is 0.346 e. The van der Waals surface area contributed by atoms with Crippen LogP contribution in [0.2, 0.25) is 0 Å². The Morgan fingerprint density at radius 3 is 2.84 bits per heavy atom. The molecular formula is C18H12N2O4S. The molecule has 2 heterocycles. The third kappa shape index (κ3) is 2.97. The molecule has 4 rings (SSSR count). The summed E-state index contributed by atoms with van der Waals surface area (Å²) in [6.07, 6.45) is 0. The van der Waals surface area contributed by atoms with Crippen molar-refractivity contribution >= 4 is 38.4 Å². The molecule has 0 saturated carbocycles. The predicted octanol–water partition coefficient (Wildman–Crippen LogP) is 2.93. The van der Waals surface area contributed by atoms with Gasteiger partial charge in [-0.1, -0.05) is 12.1 Å². The molecule has 0 aliphatic rings. The normalized spacial score (nSPS) is 11.0. The van der Waals surface area contributed by atoms with Crippen molar-refractivity contribution in [1.82, 2.24) is 4.98 Å². The monoisotopic (exact) mass is 352 g/mol. The average Bonchev–Trinajstić information content (AvgIpc) is 3.03. The van der Waals surface area contributed by atoms with E-state index in [0.717, 1.165) is 15.6 Å². The summed E-state index contributed by atoms with van der Waals surface area (Å²) in [5.41, 5.74) is 6.21. The molecule has 0 bridgehead atoms. The fourth-order valence-electron chi connectivity index (χ4n) is 2.47. The number of fused-ring (bicyclic) bond motifs is 2. The summed E-state index contributed by atoms with van der Waals surface area (Å²) in [6, 6.07) is 14.4. The van der Waals surface area contributed by atoms with E-state index in [9.17, 15) is 9.59 Å². The van der Waals surface area contributed by atoms with Gasteiger partial charge in [-0.3, -0.25) is 4.79 Å². The minimum Gasteiger partial charge on any atom is -0.484 e. The Balaban J connectivity index is 1.78. The Morgan fingerprint density at radius 1 is 1.20 bits per heavy atom. The Labute approximate surface area is 145 Å². The lowest BCUT2D eigenvalue weighted by atomic mass is 10.2. The van der Waals surface area contributed by atoms with E-state index in [1.807, 2.05) is 24.3 Å². The number of benzene rings is 2. The second-order valence-corrected chi connectivity index (χ2v) is 6.42. The number of rotatable bonds is 4. The minimum atomic E-state index is -0.576. The molecule has 2 N–H and O–H groups in total. The summed E-state index contributed by atoms with van der Waals surface area (Å²) in [5, 5.41) is 1.35. The van der Waals surface area contributed by atoms with Crippen LogP contribution in [0.15, 0.2) is 57.7 Å². The van der Waals surface area contributed by atoms with Crippen LogP contribution in [0.1, 0.15) is 0 Å². The van der Waals surface area contributed by atoms with Crippen molar-refractivity contribution in [2.45, 2.75) is 0 Å². The summed E-state index contributed by atoms with van der Waals surface area (Å²) in [5.74, 6) is -0.171. The van der Waals surface area contributed by atoms with Crippen molar-refractivity contribution in [3.8, 4) is 16.3 Å². The molecule has 1 amide bonds. The maximum atomic E-state index is 12.4. The number of hydrogen-bond donors (Lipinski definition) is 1. The highest BCUT2D eigenvalue weighted by atomic mass is 32.1. The number of aromatic nitrogens is 1. The molecule has 2 aromatic carbocycles. The van der Waals surface area contributed by atoms with Crippen LogP contribution in [-0.2, 0) is 4.79 Å². The van der Waals surface area contributed by atoms with Gasteiger partial charge < -0.3 is 14.9 Å². The van der Waals surface area contributed by atoms with E-state index in [0.29, 0.717) is 21.9 Å². The zero-order valence-corrected chi connectivity index (χ0v) is 13.7. The number of primary amides is 1. The summed E-state index contributed by atoms with van der Waals surface area (Å²) in [7, 11) is 0. The number of carbonyl (C=O) groups excluding carboxylic acids is 1. The molecule has 0 saturated heterocycles. The van der Waals surface area contributed by atoms with Gasteiger partial charge in [-0.25, -0.2) is 9.78 Å². The van der Waals surface area contributed by atoms with Crippen LogP contribution in [0, 0.1) is 0 Å². The molecular weight excluding hydrogens is 340 g/mol. The number of carbonyl (C=O) groups is 1. The second-order valence-electron chi connectivity index (χ2n) is 5.39. The molecule has 7 heteroatoms. The lowest BCUT2D eigenvalue weighted by Crippen LogP contribution is -2.19. The van der Waals surface area contributed by atoms with Gasteiger partial charge in [0.15, 0.2) is 6.61 Å². The highest BCUT2D eigenvalue weighted by Crippen LogP contribution is 2.30. The lowest BCUT2D eigenvalue weighted by molar-refractivity contribution is -0.119. The first-order valence-electron chi connectivity index (χ1n) is 7.45. The van der Waals surface area contributed by atoms with Gasteiger partial charge in [-0.15, -0.1) is 11.3 Å². The van der Waals surface area contributed by atoms with E-state index in [1.165, 1.54) is 11.3 Å². The van der Waals surface area contributed by atoms with Crippen molar-refractivity contribution < 1.29 is 13.9 Å². The van der Waals surface area contributed by atoms with Crippen molar-refractivity contribution in [3.05, 3.63) is 59.0 Å². The van der Waals surface area contributed by atoms with E-state index in [2.05, 4.69) is 4.98 Å². The third-order valence-electron chi connectivity index (χ3n) is 3.61. The molecule has 0 aliphatic heterocycles. The fraction of sp³-hybridized carbons (Fsp3) is 0.0556. The number of thiazole rings is 1. The summed E-state index contributed by atoms with van der Waals surface area (Å²) < 4.78 is 11.6. The summed E-state index contributed by atoms with van der Waals surface area (Å²) >= 11 is 1.44. The van der Waals surface area contributed by atoms with E-state index in [4.69, 9.17) is 14.9 Å². The number of nitrogens with zero attached hydrogens (tertiary/aromatic N) is 1. The number of nitrogens with two attached hydrogens (primary N) is 1. The average molecular weight is 352 g/mol. The third-order valence-corrected chi connectivity index (χ3v) is 4.68. The number of para-hydroxylation sites is 1. The van der Waals surface area contributed by atoms with E-state index < -0.39 is 11.5 Å². The van der Waals surface area contributed by atoms with Crippen molar-refractivity contribution in [2.75, 3.05) is 6.61 Å². The van der Waals surface area contributed by atoms with Crippen LogP contribution < -0.4 is 16.1 Å². The van der Waals surface area contributed by atoms with Gasteiger partial charge in [0.2, 0.25) is 0 Å². The first-order valence-corrected chi connectivity index (χ1v) is 8.27. The first-order chi connectivity index (χ1) is 12.1. The van der Waals surface area contributed by atoms with Gasteiger partial charge in [0.1, 0.15) is 16.3 Å². The maximum absolute atomic E-state index is 12.4. The molecule has 0 aliphatic carbocycles. The van der Waals surface area contributed by atoms with Gasteiger partial charge in [-0.05, 0) is 30.3 Å². The molecule has 0 radical (unpaired) electrons. The Morgan fingerprint density at radius 2 is 2.04 bits per heavy atom. The fourth-order valence-corrected chi connectivity index (χ4v) is 3.44. The number of amides is 1. The quantitative estimate of drug-likeness (QED) is 0.570. The van der Waals surface area contributed by atoms with Crippen LogP contribution >= 0.6 is 11.3 Å². The molecule has 6 nitrogen and oxygen atoms in total. The number of hydrogen-bond acceptors (Lipinski definition) is 6. The Bertz CT molecular complexity index is 1130. The molecule has 0 atom stereocenters. The minimum absolute atomic E-state index is 0.237. The summed E-state index contributed by atoms with van der Waals surface area (Å²) in [4.78, 5) is 27.7. The largest absolute Gasteiger partial charge is 0.484 e. The van der Waals surface area contributed by atoms with Gasteiger partial charge in [-0.2, -0.15) is 0 Å². The SMILES string of the molecule is NC(=O)COc1ccc2cc(-c3nc4ccccc4s3)c(=O)oc2c1. The molecule has 2 aromatic heterocycles. The lowest BCUT2D eigenvalue weighted by Gasteiger charge is -2.05. The van der Waals surface area contributed by atoms with Crippen LogP contribution in [0.5, 0.6) is 5.75 Å². The standard InChI is InChI=1S/C18H12N2O4S/c19-16(21)9-23-11-6-5-10-7-12(18(22)24-14(10)8-11)17-20-13-3-1-2-4-15(13)25-17/h1-8H,9H2,(H2,19,21). The van der Waals surface area contributed by atoms with Crippen LogP contribution in [0.25, 0.3) is 31.8 Å². The van der Waals surface area contributed by atoms with E-state index in [1.54, 1.807) is 24.3 Å². The number of ether oxygens (including phenoxy) is 1. The molecule has 4 aromatic rings. The van der Waals surface area contributed by atoms with Crippen LogP contribution in [-0.4, -0.2) is 17.5 Å². The second kappa shape index (κ2) is 6.03. The zero-order chi connectivity index (χ0) is 17.4. The predicted molar refractivity (Wildman–Crippen MR) is 95.8 cm³/mol. The Kier molecular flexibility index (Phi) is 3.70. The smallest absolute Gasteiger partial charge is 0.346 e.